The smallest absolute Gasteiger partial charge is 0.462 e. The van der Waals surface area contributed by atoms with Gasteiger partial charge in [-0.3, -0.25) is 37.3 Å². The number of phosphoric ester groups is 2. The van der Waals surface area contributed by atoms with Crippen molar-refractivity contribution in [2.75, 3.05) is 39.6 Å². The van der Waals surface area contributed by atoms with Gasteiger partial charge in [0.25, 0.3) is 0 Å². The van der Waals surface area contributed by atoms with Crippen molar-refractivity contribution < 1.29 is 80.2 Å². The summed E-state index contributed by atoms with van der Waals surface area (Å²) in [4.78, 5) is 72.8. The fraction of sp³-hybridized carbons (Fsp3) is 0.947. The molecular weight excluding hydrogens is 1230 g/mol. The Morgan fingerprint density at radius 1 is 0.309 bits per heavy atom. The van der Waals surface area contributed by atoms with Gasteiger partial charge >= 0.3 is 39.5 Å². The molecule has 3 N–H and O–H groups in total. The van der Waals surface area contributed by atoms with E-state index in [1.165, 1.54) is 193 Å². The van der Waals surface area contributed by atoms with Crippen molar-refractivity contribution >= 4 is 39.5 Å². The highest BCUT2D eigenvalue weighted by Crippen LogP contribution is 2.45. The zero-order valence-electron chi connectivity index (χ0n) is 61.4. The highest BCUT2D eigenvalue weighted by atomic mass is 31.2. The SMILES string of the molecule is CCCCCCCCCCCCCCCCCC(=O)O[C@H](COC(=O)CCCCCCCCCCCCCC(C)C)COP(=O)(O)OC[C@@H](O)COP(=O)(O)OC[C@@H](COC(=O)CCCCCCCCCCC(C)C)OC(=O)CCCCCCCCCCCCC(C)CC. The van der Waals surface area contributed by atoms with Gasteiger partial charge in [-0.15, -0.1) is 0 Å². The Labute approximate surface area is 575 Å². The molecule has 0 fully saturated rings. The molecule has 0 saturated carbocycles. The lowest BCUT2D eigenvalue weighted by atomic mass is 9.99. The summed E-state index contributed by atoms with van der Waals surface area (Å²) in [6, 6.07) is 0. The fourth-order valence-electron chi connectivity index (χ4n) is 11.4. The van der Waals surface area contributed by atoms with Crippen LogP contribution in [0.1, 0.15) is 382 Å². The summed E-state index contributed by atoms with van der Waals surface area (Å²) in [7, 11) is -9.91. The molecule has 0 aromatic rings. The minimum Gasteiger partial charge on any atom is -0.462 e. The zero-order valence-corrected chi connectivity index (χ0v) is 63.2. The number of unbranched alkanes of at least 4 members (excludes halogenated alkanes) is 40. The van der Waals surface area contributed by atoms with E-state index in [1.807, 2.05) is 0 Å². The summed E-state index contributed by atoms with van der Waals surface area (Å²) in [6.07, 6.45) is 51.2. The number of esters is 4. The van der Waals surface area contributed by atoms with E-state index in [2.05, 4.69) is 48.5 Å². The average molecular weight is 1380 g/mol. The molecule has 0 heterocycles. The Morgan fingerprint density at radius 2 is 0.543 bits per heavy atom. The number of rotatable bonds is 73. The van der Waals surface area contributed by atoms with E-state index in [0.29, 0.717) is 25.7 Å². The van der Waals surface area contributed by atoms with E-state index in [0.717, 1.165) is 108 Å². The lowest BCUT2D eigenvalue weighted by Gasteiger charge is -2.21. The summed E-state index contributed by atoms with van der Waals surface area (Å²) < 4.78 is 68.5. The second kappa shape index (κ2) is 65.7. The third kappa shape index (κ3) is 67.3. The third-order valence-electron chi connectivity index (χ3n) is 17.7. The number of ether oxygens (including phenoxy) is 4. The van der Waals surface area contributed by atoms with Gasteiger partial charge in [0.15, 0.2) is 12.2 Å². The molecule has 558 valence electrons. The predicted octanol–water partition coefficient (Wildman–Crippen LogP) is 21.8. The first kappa shape index (κ1) is 92.1. The standard InChI is InChI=1S/C75H146O17P2/c1-8-10-11-12-13-14-15-16-17-18-21-28-37-44-51-58-74(79)91-70(62-85-72(77)56-49-42-35-27-22-19-20-25-32-39-46-53-66(3)4)64-89-93(81,82)87-60-69(76)61-88-94(83,84)90-65-71(63-86-73(78)57-50-43-36-31-30-33-40-47-54-67(5)6)92-75(80)59-52-45-38-29-24-23-26-34-41-48-55-68(7)9-2/h66-71,76H,8-65H2,1-7H3,(H,81,82)(H,83,84)/t68?,69-,70-,71-/m1/s1. The molecule has 0 saturated heterocycles. The van der Waals surface area contributed by atoms with Crippen LogP contribution in [0.2, 0.25) is 0 Å². The molecule has 0 aliphatic rings. The number of carbonyl (C=O) groups excluding carboxylic acids is 4. The number of hydrogen-bond donors (Lipinski definition) is 3. The van der Waals surface area contributed by atoms with Crippen LogP contribution < -0.4 is 0 Å². The average Bonchev–Trinajstić information content (AvgIpc) is 1.50. The van der Waals surface area contributed by atoms with Gasteiger partial charge in [-0.05, 0) is 43.4 Å². The number of carbonyl (C=O) groups is 4. The molecule has 0 aliphatic heterocycles. The predicted molar refractivity (Wildman–Crippen MR) is 381 cm³/mol. The zero-order chi connectivity index (χ0) is 69.4. The molecule has 19 heteroatoms. The second-order valence-corrected chi connectivity index (χ2v) is 31.1. The molecule has 94 heavy (non-hydrogen) atoms. The van der Waals surface area contributed by atoms with Crippen LogP contribution in [-0.2, 0) is 65.4 Å². The van der Waals surface area contributed by atoms with Crippen LogP contribution in [0.3, 0.4) is 0 Å². The Bertz CT molecular complexity index is 1840. The normalized spacial score (nSPS) is 14.4. The van der Waals surface area contributed by atoms with Crippen molar-refractivity contribution in [1.82, 2.24) is 0 Å². The van der Waals surface area contributed by atoms with Crippen LogP contribution in [0.15, 0.2) is 0 Å². The Hall–Kier alpha value is -1.94. The first-order valence-electron chi connectivity index (χ1n) is 38.9. The molecule has 0 aromatic heterocycles. The number of hydrogen-bond acceptors (Lipinski definition) is 15. The highest BCUT2D eigenvalue weighted by molar-refractivity contribution is 7.47. The third-order valence-corrected chi connectivity index (χ3v) is 19.6. The van der Waals surface area contributed by atoms with Gasteiger partial charge in [0.1, 0.15) is 19.3 Å². The quantitative estimate of drug-likeness (QED) is 0.0222. The molecule has 0 rings (SSSR count). The van der Waals surface area contributed by atoms with E-state index in [-0.39, 0.29) is 25.7 Å². The van der Waals surface area contributed by atoms with Crippen molar-refractivity contribution in [2.45, 2.75) is 401 Å². The minimum atomic E-state index is -4.96. The Kier molecular flexibility index (Phi) is 64.3. The van der Waals surface area contributed by atoms with Crippen LogP contribution in [-0.4, -0.2) is 96.7 Å². The number of aliphatic hydroxyl groups is 1. The number of phosphoric acid groups is 2. The molecule has 0 aliphatic carbocycles. The summed E-state index contributed by atoms with van der Waals surface area (Å²) in [6.45, 7) is 11.9. The Morgan fingerprint density at radius 3 is 0.809 bits per heavy atom. The maximum absolute atomic E-state index is 13.1. The minimum absolute atomic E-state index is 0.106. The summed E-state index contributed by atoms with van der Waals surface area (Å²) in [5.74, 6) is 0.182. The van der Waals surface area contributed by atoms with E-state index in [4.69, 9.17) is 37.0 Å². The Balaban J connectivity index is 5.27. The van der Waals surface area contributed by atoms with Gasteiger partial charge in [-0.25, -0.2) is 9.13 Å². The van der Waals surface area contributed by atoms with E-state index < -0.39 is 97.5 Å². The van der Waals surface area contributed by atoms with Gasteiger partial charge < -0.3 is 33.8 Å². The van der Waals surface area contributed by atoms with Gasteiger partial charge in [-0.2, -0.15) is 0 Å². The lowest BCUT2D eigenvalue weighted by Crippen LogP contribution is -2.30. The van der Waals surface area contributed by atoms with Crippen LogP contribution in [0.5, 0.6) is 0 Å². The molecular formula is C75H146O17P2. The molecule has 0 radical (unpaired) electrons. The monoisotopic (exact) mass is 1380 g/mol. The molecule has 0 spiro atoms. The molecule has 3 unspecified atom stereocenters. The number of aliphatic hydroxyl groups excluding tert-OH is 1. The molecule has 0 aromatic carbocycles. The molecule has 17 nitrogen and oxygen atoms in total. The largest absolute Gasteiger partial charge is 0.472 e. The van der Waals surface area contributed by atoms with Crippen LogP contribution >= 0.6 is 15.6 Å². The summed E-state index contributed by atoms with van der Waals surface area (Å²) >= 11 is 0. The maximum Gasteiger partial charge on any atom is 0.472 e. The van der Waals surface area contributed by atoms with Crippen molar-refractivity contribution in [3.05, 3.63) is 0 Å². The van der Waals surface area contributed by atoms with Crippen LogP contribution in [0.4, 0.5) is 0 Å². The van der Waals surface area contributed by atoms with Gasteiger partial charge in [0.2, 0.25) is 0 Å². The lowest BCUT2D eigenvalue weighted by molar-refractivity contribution is -0.161. The first-order chi connectivity index (χ1) is 45.3. The summed E-state index contributed by atoms with van der Waals surface area (Å²) in [5, 5.41) is 10.6. The van der Waals surface area contributed by atoms with Crippen molar-refractivity contribution in [2.24, 2.45) is 17.8 Å². The van der Waals surface area contributed by atoms with Crippen LogP contribution in [0, 0.1) is 17.8 Å². The van der Waals surface area contributed by atoms with Crippen molar-refractivity contribution in [3.63, 3.8) is 0 Å². The fourth-order valence-corrected chi connectivity index (χ4v) is 13.0. The summed E-state index contributed by atoms with van der Waals surface area (Å²) in [5.41, 5.74) is 0. The van der Waals surface area contributed by atoms with E-state index in [1.54, 1.807) is 0 Å². The maximum atomic E-state index is 13.1. The second-order valence-electron chi connectivity index (χ2n) is 28.2. The molecule has 6 atom stereocenters. The highest BCUT2D eigenvalue weighted by Gasteiger charge is 2.30. The van der Waals surface area contributed by atoms with Crippen LogP contribution in [0.25, 0.3) is 0 Å². The van der Waals surface area contributed by atoms with E-state index in [9.17, 15) is 43.2 Å². The van der Waals surface area contributed by atoms with Gasteiger partial charge in [0.05, 0.1) is 26.4 Å². The van der Waals surface area contributed by atoms with Gasteiger partial charge in [-0.1, -0.05) is 331 Å². The topological polar surface area (TPSA) is 237 Å². The molecule has 0 bridgehead atoms. The van der Waals surface area contributed by atoms with Crippen molar-refractivity contribution in [3.8, 4) is 0 Å². The van der Waals surface area contributed by atoms with Gasteiger partial charge in [0, 0.05) is 25.7 Å². The van der Waals surface area contributed by atoms with E-state index >= 15 is 0 Å². The first-order valence-corrected chi connectivity index (χ1v) is 41.9. The van der Waals surface area contributed by atoms with Crippen molar-refractivity contribution in [1.29, 1.82) is 0 Å². The molecule has 0 amide bonds.